The van der Waals surface area contributed by atoms with Crippen molar-refractivity contribution in [2.45, 2.75) is 17.9 Å². The number of nitro groups is 1. The summed E-state index contributed by atoms with van der Waals surface area (Å²) < 4.78 is 39.8. The van der Waals surface area contributed by atoms with E-state index >= 15 is 0 Å². The van der Waals surface area contributed by atoms with E-state index < -0.39 is 26.8 Å². The van der Waals surface area contributed by atoms with Gasteiger partial charge in [-0.05, 0) is 43.3 Å². The van der Waals surface area contributed by atoms with Crippen LogP contribution in [0.3, 0.4) is 0 Å². The second kappa shape index (κ2) is 8.86. The molecular weight excluding hydrogens is 415 g/mol. The Balaban J connectivity index is 1.59. The number of non-ortho nitro benzene ring substituents is 1. The summed E-state index contributed by atoms with van der Waals surface area (Å²) in [7, 11) is -3.78. The Bertz CT molecular complexity index is 1020. The van der Waals surface area contributed by atoms with Gasteiger partial charge < -0.3 is 5.32 Å². The van der Waals surface area contributed by atoms with Gasteiger partial charge in [0, 0.05) is 44.0 Å². The third-order valence-electron chi connectivity index (χ3n) is 5.00. The fraction of sp³-hybridized carbons (Fsp3) is 0.316. The van der Waals surface area contributed by atoms with E-state index in [9.17, 15) is 27.7 Å². The first-order valence-corrected chi connectivity index (χ1v) is 10.7. The van der Waals surface area contributed by atoms with E-state index in [1.54, 1.807) is 6.92 Å². The second-order valence-corrected chi connectivity index (χ2v) is 8.80. The summed E-state index contributed by atoms with van der Waals surface area (Å²) in [5.74, 6) is -0.667. The lowest BCUT2D eigenvalue weighted by atomic mass is 10.2. The molecule has 0 aromatic heterocycles. The number of piperazine rings is 1. The number of nitrogens with one attached hydrogen (secondary N) is 1. The summed E-state index contributed by atoms with van der Waals surface area (Å²) in [5, 5.41) is 13.5. The lowest BCUT2D eigenvalue weighted by Crippen LogP contribution is -2.53. The molecule has 1 aliphatic heterocycles. The average Bonchev–Trinajstić information content (AvgIpc) is 2.75. The Morgan fingerprint density at radius 3 is 2.17 bits per heavy atom. The molecule has 0 aliphatic carbocycles. The quantitative estimate of drug-likeness (QED) is 0.548. The van der Waals surface area contributed by atoms with Crippen LogP contribution >= 0.6 is 0 Å². The van der Waals surface area contributed by atoms with Crippen molar-refractivity contribution in [1.29, 1.82) is 0 Å². The molecule has 0 bridgehead atoms. The van der Waals surface area contributed by atoms with Crippen LogP contribution < -0.4 is 5.32 Å². The van der Waals surface area contributed by atoms with Crippen LogP contribution in [0.2, 0.25) is 0 Å². The molecule has 1 fully saturated rings. The Labute approximate surface area is 173 Å². The Hall–Kier alpha value is -2.89. The SMILES string of the molecule is C[C@@H](C(=O)Nc1ccc(F)cc1)N1CCN(S(=O)(=O)c2ccc([N+](=O)[O-])cc2)CC1. The van der Waals surface area contributed by atoms with Gasteiger partial charge >= 0.3 is 0 Å². The Morgan fingerprint density at radius 2 is 1.63 bits per heavy atom. The van der Waals surface area contributed by atoms with E-state index in [1.807, 2.05) is 4.90 Å². The van der Waals surface area contributed by atoms with Crippen LogP contribution in [0.5, 0.6) is 0 Å². The number of carbonyl (C=O) groups excluding carboxylic acids is 1. The van der Waals surface area contributed by atoms with E-state index in [2.05, 4.69) is 5.32 Å². The van der Waals surface area contributed by atoms with Crippen molar-refractivity contribution in [3.05, 3.63) is 64.5 Å². The molecule has 1 N–H and O–H groups in total. The van der Waals surface area contributed by atoms with Gasteiger partial charge in [-0.15, -0.1) is 0 Å². The van der Waals surface area contributed by atoms with Crippen molar-refractivity contribution in [1.82, 2.24) is 9.21 Å². The molecule has 0 unspecified atom stereocenters. The maximum Gasteiger partial charge on any atom is 0.269 e. The van der Waals surface area contributed by atoms with Gasteiger partial charge in [0.1, 0.15) is 5.82 Å². The number of sulfonamides is 1. The molecule has 2 aromatic carbocycles. The lowest BCUT2D eigenvalue weighted by molar-refractivity contribution is -0.384. The zero-order valence-corrected chi connectivity index (χ0v) is 17.0. The fourth-order valence-corrected chi connectivity index (χ4v) is 4.59. The molecule has 1 heterocycles. The fourth-order valence-electron chi connectivity index (χ4n) is 3.17. The molecule has 1 amide bonds. The summed E-state index contributed by atoms with van der Waals surface area (Å²) in [4.78, 5) is 24.5. The van der Waals surface area contributed by atoms with Gasteiger partial charge in [0.05, 0.1) is 15.9 Å². The summed E-state index contributed by atoms with van der Waals surface area (Å²) in [6.07, 6.45) is 0. The highest BCUT2D eigenvalue weighted by Crippen LogP contribution is 2.21. The van der Waals surface area contributed by atoms with Crippen molar-refractivity contribution >= 4 is 27.3 Å². The van der Waals surface area contributed by atoms with Crippen LogP contribution in [0, 0.1) is 15.9 Å². The van der Waals surface area contributed by atoms with Crippen molar-refractivity contribution in [2.24, 2.45) is 0 Å². The summed E-state index contributed by atoms with van der Waals surface area (Å²) in [5.41, 5.74) is 0.299. The minimum Gasteiger partial charge on any atom is -0.325 e. The molecule has 1 atom stereocenters. The van der Waals surface area contributed by atoms with Gasteiger partial charge in [-0.25, -0.2) is 12.8 Å². The highest BCUT2D eigenvalue weighted by molar-refractivity contribution is 7.89. The zero-order chi connectivity index (χ0) is 21.9. The Morgan fingerprint density at radius 1 is 1.07 bits per heavy atom. The molecule has 0 radical (unpaired) electrons. The molecule has 9 nitrogen and oxygen atoms in total. The third kappa shape index (κ3) is 4.81. The maximum absolute atomic E-state index is 13.0. The number of anilines is 1. The summed E-state index contributed by atoms with van der Waals surface area (Å²) in [6, 6.07) is 9.69. The van der Waals surface area contributed by atoms with Crippen molar-refractivity contribution in [2.75, 3.05) is 31.5 Å². The number of rotatable bonds is 6. The number of halogens is 1. The number of hydrogen-bond acceptors (Lipinski definition) is 6. The lowest BCUT2D eigenvalue weighted by Gasteiger charge is -2.36. The van der Waals surface area contributed by atoms with Crippen LogP contribution in [-0.2, 0) is 14.8 Å². The molecule has 1 saturated heterocycles. The van der Waals surface area contributed by atoms with Crippen molar-refractivity contribution in [3.63, 3.8) is 0 Å². The van der Waals surface area contributed by atoms with E-state index in [0.717, 1.165) is 12.1 Å². The van der Waals surface area contributed by atoms with E-state index in [1.165, 1.54) is 40.7 Å². The van der Waals surface area contributed by atoms with Crippen LogP contribution in [0.25, 0.3) is 0 Å². The molecule has 160 valence electrons. The maximum atomic E-state index is 13.0. The van der Waals surface area contributed by atoms with Gasteiger partial charge in [-0.2, -0.15) is 4.31 Å². The van der Waals surface area contributed by atoms with Crippen LogP contribution in [0.4, 0.5) is 15.8 Å². The van der Waals surface area contributed by atoms with Crippen LogP contribution in [0.1, 0.15) is 6.92 Å². The van der Waals surface area contributed by atoms with Crippen molar-refractivity contribution < 1.29 is 22.5 Å². The standard InChI is InChI=1S/C19H21FN4O5S/c1-14(19(25)21-16-4-2-15(20)3-5-16)22-10-12-23(13-11-22)30(28,29)18-8-6-17(7-9-18)24(26)27/h2-9,14H,10-13H2,1H3,(H,21,25)/t14-/m0/s1. The smallest absolute Gasteiger partial charge is 0.269 e. The predicted molar refractivity (Wildman–Crippen MR) is 108 cm³/mol. The average molecular weight is 436 g/mol. The highest BCUT2D eigenvalue weighted by Gasteiger charge is 2.32. The van der Waals surface area contributed by atoms with Gasteiger partial charge in [-0.1, -0.05) is 0 Å². The number of benzene rings is 2. The second-order valence-electron chi connectivity index (χ2n) is 6.86. The number of nitrogens with zero attached hydrogens (tertiary/aromatic N) is 3. The molecule has 3 rings (SSSR count). The van der Waals surface area contributed by atoms with Crippen molar-refractivity contribution in [3.8, 4) is 0 Å². The number of nitro benzene ring substituents is 1. The van der Waals surface area contributed by atoms with E-state index in [4.69, 9.17) is 0 Å². The third-order valence-corrected chi connectivity index (χ3v) is 6.91. The predicted octanol–water partition coefficient (Wildman–Crippen LogP) is 2.07. The number of hydrogen-bond donors (Lipinski definition) is 1. The zero-order valence-electron chi connectivity index (χ0n) is 16.2. The summed E-state index contributed by atoms with van der Waals surface area (Å²) in [6.45, 7) is 2.80. The first-order chi connectivity index (χ1) is 14.2. The normalized spacial score (nSPS) is 16.7. The van der Waals surface area contributed by atoms with Gasteiger partial charge in [0.25, 0.3) is 5.69 Å². The number of amides is 1. The minimum atomic E-state index is -3.78. The van der Waals surface area contributed by atoms with E-state index in [-0.39, 0.29) is 29.6 Å². The van der Waals surface area contributed by atoms with Gasteiger partial charge in [0.15, 0.2) is 0 Å². The molecule has 30 heavy (non-hydrogen) atoms. The first-order valence-electron chi connectivity index (χ1n) is 9.23. The molecule has 1 aliphatic rings. The van der Waals surface area contributed by atoms with E-state index in [0.29, 0.717) is 18.8 Å². The topological polar surface area (TPSA) is 113 Å². The number of carbonyl (C=O) groups is 1. The molecular formula is C19H21FN4O5S. The summed E-state index contributed by atoms with van der Waals surface area (Å²) >= 11 is 0. The Kier molecular flexibility index (Phi) is 6.44. The molecule has 11 heteroatoms. The van der Waals surface area contributed by atoms with Crippen LogP contribution in [-0.4, -0.2) is 60.7 Å². The highest BCUT2D eigenvalue weighted by atomic mass is 32.2. The monoisotopic (exact) mass is 436 g/mol. The van der Waals surface area contributed by atoms with Gasteiger partial charge in [-0.3, -0.25) is 19.8 Å². The van der Waals surface area contributed by atoms with Gasteiger partial charge in [0.2, 0.25) is 15.9 Å². The molecule has 2 aromatic rings. The van der Waals surface area contributed by atoms with Crippen LogP contribution in [0.15, 0.2) is 53.4 Å². The molecule has 0 saturated carbocycles. The molecule has 0 spiro atoms. The minimum absolute atomic E-state index is 0.0105. The first kappa shape index (κ1) is 21.8. The largest absolute Gasteiger partial charge is 0.325 e.